The number of carbonyl (C=O) groups is 2. The van der Waals surface area contributed by atoms with Crippen molar-refractivity contribution in [2.75, 3.05) is 24.7 Å². The molecule has 0 radical (unpaired) electrons. The van der Waals surface area contributed by atoms with Crippen LogP contribution in [0.15, 0.2) is 78.9 Å². The van der Waals surface area contributed by atoms with Crippen LogP contribution in [0.1, 0.15) is 54.7 Å². The van der Waals surface area contributed by atoms with Crippen molar-refractivity contribution in [1.29, 1.82) is 0 Å². The number of rotatable bonds is 8. The SMILES string of the molecule is CCOC(=O)CN1[C@H](c2ccccc2)[C@H](C(=O)OCC)N(c2ccc3c(c2)CCC3)[C@@H]1c1ccccc1. The first-order valence-corrected chi connectivity index (χ1v) is 13.2. The average Bonchev–Trinajstić information content (AvgIpc) is 3.52. The molecule has 1 aliphatic heterocycles. The van der Waals surface area contributed by atoms with Gasteiger partial charge in [0, 0.05) is 5.69 Å². The highest BCUT2D eigenvalue weighted by atomic mass is 16.5. The molecule has 6 nitrogen and oxygen atoms in total. The monoisotopic (exact) mass is 498 g/mol. The Morgan fingerprint density at radius 2 is 1.46 bits per heavy atom. The number of anilines is 1. The number of aryl methyl sites for hydroxylation is 2. The summed E-state index contributed by atoms with van der Waals surface area (Å²) in [5.41, 5.74) is 5.61. The summed E-state index contributed by atoms with van der Waals surface area (Å²) in [4.78, 5) is 31.0. The fraction of sp³-hybridized carbons (Fsp3) is 0.355. The normalized spacial score (nSPS) is 21.0. The molecule has 3 aromatic carbocycles. The molecule has 1 aliphatic carbocycles. The number of esters is 2. The summed E-state index contributed by atoms with van der Waals surface area (Å²) in [5, 5.41) is 0. The van der Waals surface area contributed by atoms with Crippen molar-refractivity contribution in [3.8, 4) is 0 Å². The second-order valence-electron chi connectivity index (χ2n) is 9.53. The van der Waals surface area contributed by atoms with E-state index in [0.717, 1.165) is 36.1 Å². The van der Waals surface area contributed by atoms with E-state index in [-0.39, 0.29) is 31.3 Å². The average molecular weight is 499 g/mol. The van der Waals surface area contributed by atoms with Crippen molar-refractivity contribution in [3.05, 3.63) is 101 Å². The highest BCUT2D eigenvalue weighted by molar-refractivity contribution is 5.84. The summed E-state index contributed by atoms with van der Waals surface area (Å²) >= 11 is 0. The summed E-state index contributed by atoms with van der Waals surface area (Å²) in [5.74, 6) is -0.619. The Bertz CT molecular complexity index is 1230. The van der Waals surface area contributed by atoms with Gasteiger partial charge in [0.05, 0.1) is 25.8 Å². The lowest BCUT2D eigenvalue weighted by molar-refractivity contribution is -0.148. The van der Waals surface area contributed by atoms with Gasteiger partial charge >= 0.3 is 11.9 Å². The van der Waals surface area contributed by atoms with Crippen LogP contribution in [0.25, 0.3) is 0 Å². The third-order valence-corrected chi connectivity index (χ3v) is 7.30. The Balaban J connectivity index is 1.72. The Kier molecular flexibility index (Phi) is 7.56. The molecule has 6 heteroatoms. The van der Waals surface area contributed by atoms with Crippen LogP contribution >= 0.6 is 0 Å². The van der Waals surface area contributed by atoms with Crippen LogP contribution in [0.3, 0.4) is 0 Å². The first kappa shape index (κ1) is 25.0. The van der Waals surface area contributed by atoms with E-state index in [4.69, 9.17) is 9.47 Å². The molecule has 1 saturated heterocycles. The number of ether oxygens (including phenoxy) is 2. The van der Waals surface area contributed by atoms with Gasteiger partial charge in [-0.25, -0.2) is 4.79 Å². The fourth-order valence-electron chi connectivity index (χ4n) is 5.83. The standard InChI is InChI=1S/C31H34N2O4/c1-3-36-27(34)21-32-28(23-12-7-5-8-13-23)29(31(35)37-4-2)33(30(32)24-14-9-6-10-15-24)26-19-18-22-16-11-17-25(22)20-26/h5-10,12-15,18-20,28-30H,3-4,11,16-17,21H2,1-2H3/t28-,29-,30-/m1/s1. The zero-order chi connectivity index (χ0) is 25.8. The molecule has 3 aromatic rings. The van der Waals surface area contributed by atoms with E-state index in [1.54, 1.807) is 0 Å². The first-order chi connectivity index (χ1) is 18.1. The van der Waals surface area contributed by atoms with Gasteiger partial charge in [0.1, 0.15) is 12.2 Å². The van der Waals surface area contributed by atoms with Gasteiger partial charge in [0.2, 0.25) is 0 Å². The topological polar surface area (TPSA) is 59.1 Å². The molecule has 0 spiro atoms. The lowest BCUT2D eigenvalue weighted by Gasteiger charge is -2.33. The highest BCUT2D eigenvalue weighted by Gasteiger charge is 2.53. The van der Waals surface area contributed by atoms with Crippen LogP contribution < -0.4 is 4.90 Å². The molecule has 37 heavy (non-hydrogen) atoms. The summed E-state index contributed by atoms with van der Waals surface area (Å²) in [6.45, 7) is 4.26. The maximum absolute atomic E-state index is 13.8. The molecule has 0 saturated carbocycles. The Hall–Kier alpha value is -3.64. The third-order valence-electron chi connectivity index (χ3n) is 7.30. The van der Waals surface area contributed by atoms with Gasteiger partial charge in [0.15, 0.2) is 0 Å². The van der Waals surface area contributed by atoms with Crippen LogP contribution in [-0.2, 0) is 31.9 Å². The van der Waals surface area contributed by atoms with E-state index in [1.807, 2.05) is 62.4 Å². The van der Waals surface area contributed by atoms with E-state index >= 15 is 0 Å². The summed E-state index contributed by atoms with van der Waals surface area (Å²) in [6, 6.07) is 25.5. The molecular weight excluding hydrogens is 464 g/mol. The Labute approximate surface area is 218 Å². The van der Waals surface area contributed by atoms with E-state index in [2.05, 4.69) is 40.1 Å². The van der Waals surface area contributed by atoms with Gasteiger partial charge in [-0.05, 0) is 67.5 Å². The molecule has 3 atom stereocenters. The number of hydrogen-bond donors (Lipinski definition) is 0. The number of benzene rings is 3. The summed E-state index contributed by atoms with van der Waals surface area (Å²) in [6.07, 6.45) is 2.89. The van der Waals surface area contributed by atoms with Crippen LogP contribution in [0.4, 0.5) is 5.69 Å². The molecule has 0 bridgehead atoms. The Morgan fingerprint density at radius 1 is 0.811 bits per heavy atom. The number of carbonyl (C=O) groups excluding carboxylic acids is 2. The van der Waals surface area contributed by atoms with Crippen molar-refractivity contribution >= 4 is 17.6 Å². The minimum Gasteiger partial charge on any atom is -0.465 e. The molecule has 1 fully saturated rings. The Morgan fingerprint density at radius 3 is 2.14 bits per heavy atom. The maximum Gasteiger partial charge on any atom is 0.330 e. The molecule has 0 aromatic heterocycles. The zero-order valence-corrected chi connectivity index (χ0v) is 21.5. The lowest BCUT2D eigenvalue weighted by Crippen LogP contribution is -2.41. The van der Waals surface area contributed by atoms with Gasteiger partial charge < -0.3 is 14.4 Å². The third kappa shape index (κ3) is 4.98. The van der Waals surface area contributed by atoms with Crippen LogP contribution in [0.2, 0.25) is 0 Å². The van der Waals surface area contributed by atoms with Gasteiger partial charge in [0.25, 0.3) is 0 Å². The molecule has 0 unspecified atom stereocenters. The quantitative estimate of drug-likeness (QED) is 0.396. The number of hydrogen-bond acceptors (Lipinski definition) is 6. The van der Waals surface area contributed by atoms with Gasteiger partial charge in [-0.3, -0.25) is 9.69 Å². The largest absolute Gasteiger partial charge is 0.465 e. The summed E-state index contributed by atoms with van der Waals surface area (Å²) in [7, 11) is 0. The van der Waals surface area contributed by atoms with E-state index in [1.165, 1.54) is 11.1 Å². The number of nitrogens with zero attached hydrogens (tertiary/aromatic N) is 2. The van der Waals surface area contributed by atoms with Crippen LogP contribution in [-0.4, -0.2) is 42.6 Å². The minimum absolute atomic E-state index is 0.0459. The number of fused-ring (bicyclic) bond motifs is 1. The molecular formula is C31H34N2O4. The fourth-order valence-corrected chi connectivity index (χ4v) is 5.83. The molecule has 2 aliphatic rings. The predicted octanol–water partition coefficient (Wildman–Crippen LogP) is 5.23. The van der Waals surface area contributed by atoms with Crippen molar-refractivity contribution in [3.63, 3.8) is 0 Å². The lowest BCUT2D eigenvalue weighted by atomic mass is 9.98. The minimum atomic E-state index is -0.651. The molecule has 0 N–H and O–H groups in total. The van der Waals surface area contributed by atoms with E-state index in [0.29, 0.717) is 6.61 Å². The highest BCUT2D eigenvalue weighted by Crippen LogP contribution is 2.48. The van der Waals surface area contributed by atoms with Crippen LogP contribution in [0, 0.1) is 0 Å². The molecule has 1 heterocycles. The van der Waals surface area contributed by atoms with Crippen molar-refractivity contribution in [2.45, 2.75) is 51.4 Å². The second kappa shape index (κ2) is 11.2. The summed E-state index contributed by atoms with van der Waals surface area (Å²) < 4.78 is 11.1. The first-order valence-electron chi connectivity index (χ1n) is 13.2. The molecule has 5 rings (SSSR count). The van der Waals surface area contributed by atoms with Crippen molar-refractivity contribution < 1.29 is 19.1 Å². The predicted molar refractivity (Wildman–Crippen MR) is 143 cm³/mol. The van der Waals surface area contributed by atoms with Crippen molar-refractivity contribution in [1.82, 2.24) is 4.90 Å². The van der Waals surface area contributed by atoms with Gasteiger partial charge in [-0.2, -0.15) is 0 Å². The van der Waals surface area contributed by atoms with E-state index < -0.39 is 12.1 Å². The molecule has 0 amide bonds. The smallest absolute Gasteiger partial charge is 0.330 e. The van der Waals surface area contributed by atoms with E-state index in [9.17, 15) is 9.59 Å². The van der Waals surface area contributed by atoms with Crippen LogP contribution in [0.5, 0.6) is 0 Å². The maximum atomic E-state index is 13.8. The van der Waals surface area contributed by atoms with Gasteiger partial charge in [-0.15, -0.1) is 0 Å². The van der Waals surface area contributed by atoms with Gasteiger partial charge in [-0.1, -0.05) is 66.7 Å². The second-order valence-corrected chi connectivity index (χ2v) is 9.53. The zero-order valence-electron chi connectivity index (χ0n) is 21.5. The molecule has 192 valence electrons. The van der Waals surface area contributed by atoms with Crippen molar-refractivity contribution in [2.24, 2.45) is 0 Å².